The Balaban J connectivity index is 2.29. The lowest BCUT2D eigenvalue weighted by Crippen LogP contribution is -2.17. The first-order valence-electron chi connectivity index (χ1n) is 5.47. The van der Waals surface area contributed by atoms with Gasteiger partial charge in [-0.05, 0) is 55.9 Å². The first-order chi connectivity index (χ1) is 7.44. The van der Waals surface area contributed by atoms with Crippen molar-refractivity contribution in [1.82, 2.24) is 0 Å². The maximum Gasteiger partial charge on any atom is 0.309 e. The molecule has 0 amide bonds. The SMILES string of the molecule is Cc1cc(O)c(CC2(C(=O)O)CC2)cc1C. The second kappa shape index (κ2) is 3.51. The van der Waals surface area contributed by atoms with Crippen LogP contribution in [0.2, 0.25) is 0 Å². The minimum absolute atomic E-state index is 0.218. The van der Waals surface area contributed by atoms with Crippen molar-refractivity contribution in [2.45, 2.75) is 33.1 Å². The zero-order chi connectivity index (χ0) is 11.9. The van der Waals surface area contributed by atoms with Crippen molar-refractivity contribution in [3.8, 4) is 5.75 Å². The number of carbonyl (C=O) groups is 1. The molecule has 2 rings (SSSR count). The largest absolute Gasteiger partial charge is 0.508 e. The summed E-state index contributed by atoms with van der Waals surface area (Å²) in [4.78, 5) is 11.1. The third kappa shape index (κ3) is 1.77. The molecule has 1 fully saturated rings. The van der Waals surface area contributed by atoms with Crippen LogP contribution in [0.25, 0.3) is 0 Å². The molecule has 0 saturated heterocycles. The summed E-state index contributed by atoms with van der Waals surface area (Å²) in [6, 6.07) is 3.61. The normalized spacial score (nSPS) is 17.1. The number of phenols is 1. The average molecular weight is 220 g/mol. The van der Waals surface area contributed by atoms with Gasteiger partial charge >= 0.3 is 5.97 Å². The van der Waals surface area contributed by atoms with Gasteiger partial charge in [-0.1, -0.05) is 6.07 Å². The van der Waals surface area contributed by atoms with E-state index in [1.54, 1.807) is 6.07 Å². The highest BCUT2D eigenvalue weighted by Gasteiger charge is 2.50. The van der Waals surface area contributed by atoms with E-state index < -0.39 is 11.4 Å². The Morgan fingerprint density at radius 3 is 2.38 bits per heavy atom. The monoisotopic (exact) mass is 220 g/mol. The molecule has 2 N–H and O–H groups in total. The van der Waals surface area contributed by atoms with Gasteiger partial charge in [-0.25, -0.2) is 0 Å². The summed E-state index contributed by atoms with van der Waals surface area (Å²) in [6.45, 7) is 3.90. The van der Waals surface area contributed by atoms with Crippen LogP contribution in [0.15, 0.2) is 12.1 Å². The van der Waals surface area contributed by atoms with E-state index in [1.807, 2.05) is 19.9 Å². The number of aryl methyl sites for hydroxylation is 2. The van der Waals surface area contributed by atoms with E-state index in [1.165, 1.54) is 0 Å². The van der Waals surface area contributed by atoms with Crippen molar-refractivity contribution in [3.05, 3.63) is 28.8 Å². The Morgan fingerprint density at radius 1 is 1.31 bits per heavy atom. The Bertz CT molecular complexity index is 445. The highest BCUT2D eigenvalue weighted by atomic mass is 16.4. The van der Waals surface area contributed by atoms with Gasteiger partial charge in [0.15, 0.2) is 0 Å². The second-order valence-corrected chi connectivity index (χ2v) is 4.83. The van der Waals surface area contributed by atoms with Crippen LogP contribution in [0.1, 0.15) is 29.5 Å². The molecular formula is C13H16O3. The van der Waals surface area contributed by atoms with Crippen LogP contribution in [0.5, 0.6) is 5.75 Å². The zero-order valence-electron chi connectivity index (χ0n) is 9.58. The smallest absolute Gasteiger partial charge is 0.309 e. The highest BCUT2D eigenvalue weighted by Crippen LogP contribution is 2.49. The molecule has 16 heavy (non-hydrogen) atoms. The summed E-state index contributed by atoms with van der Waals surface area (Å²) in [6.07, 6.45) is 1.87. The van der Waals surface area contributed by atoms with Crippen molar-refractivity contribution < 1.29 is 15.0 Å². The van der Waals surface area contributed by atoms with E-state index in [0.29, 0.717) is 19.3 Å². The number of rotatable bonds is 3. The molecule has 1 saturated carbocycles. The molecule has 1 aromatic rings. The van der Waals surface area contributed by atoms with Gasteiger partial charge < -0.3 is 10.2 Å². The molecule has 3 nitrogen and oxygen atoms in total. The predicted octanol–water partition coefficient (Wildman–Crippen LogP) is 2.42. The van der Waals surface area contributed by atoms with Gasteiger partial charge in [0, 0.05) is 0 Å². The Hall–Kier alpha value is -1.51. The van der Waals surface area contributed by atoms with Gasteiger partial charge in [0.1, 0.15) is 5.75 Å². The number of benzene rings is 1. The molecule has 3 heteroatoms. The summed E-state index contributed by atoms with van der Waals surface area (Å²) < 4.78 is 0. The summed E-state index contributed by atoms with van der Waals surface area (Å²) >= 11 is 0. The molecule has 86 valence electrons. The number of aromatic hydroxyl groups is 1. The highest BCUT2D eigenvalue weighted by molar-refractivity contribution is 5.78. The molecule has 0 aromatic heterocycles. The van der Waals surface area contributed by atoms with Crippen LogP contribution >= 0.6 is 0 Å². The predicted molar refractivity (Wildman–Crippen MR) is 60.6 cm³/mol. The summed E-state index contributed by atoms with van der Waals surface area (Å²) in [5.74, 6) is -0.527. The minimum Gasteiger partial charge on any atom is -0.508 e. The number of carboxylic acid groups (broad SMARTS) is 1. The number of aliphatic carboxylic acids is 1. The molecule has 0 aliphatic heterocycles. The summed E-state index contributed by atoms with van der Waals surface area (Å²) in [7, 11) is 0. The van der Waals surface area contributed by atoms with Crippen LogP contribution < -0.4 is 0 Å². The van der Waals surface area contributed by atoms with E-state index in [0.717, 1.165) is 16.7 Å². The third-order valence-corrected chi connectivity index (χ3v) is 3.53. The van der Waals surface area contributed by atoms with Gasteiger partial charge in [0.25, 0.3) is 0 Å². The maximum atomic E-state index is 11.1. The first-order valence-corrected chi connectivity index (χ1v) is 5.47. The fraction of sp³-hybridized carbons (Fsp3) is 0.462. The molecule has 0 heterocycles. The molecular weight excluding hydrogens is 204 g/mol. The number of hydrogen-bond acceptors (Lipinski definition) is 2. The molecule has 0 atom stereocenters. The maximum absolute atomic E-state index is 11.1. The molecule has 1 aliphatic carbocycles. The van der Waals surface area contributed by atoms with Crippen molar-refractivity contribution >= 4 is 5.97 Å². The van der Waals surface area contributed by atoms with Crippen LogP contribution in [0.4, 0.5) is 0 Å². The number of carboxylic acids is 1. The van der Waals surface area contributed by atoms with Crippen LogP contribution in [0, 0.1) is 19.3 Å². The Kier molecular flexibility index (Phi) is 2.41. The number of phenolic OH excluding ortho intramolecular Hbond substituents is 1. The topological polar surface area (TPSA) is 57.5 Å². The van der Waals surface area contributed by atoms with Gasteiger partial charge in [-0.3, -0.25) is 4.79 Å². The van der Waals surface area contributed by atoms with E-state index in [4.69, 9.17) is 5.11 Å². The Labute approximate surface area is 94.7 Å². The lowest BCUT2D eigenvalue weighted by atomic mass is 9.93. The summed E-state index contributed by atoms with van der Waals surface area (Å²) in [5, 5.41) is 18.9. The van der Waals surface area contributed by atoms with Gasteiger partial charge in [-0.2, -0.15) is 0 Å². The molecule has 0 radical (unpaired) electrons. The molecule has 0 spiro atoms. The van der Waals surface area contributed by atoms with Gasteiger partial charge in [0.2, 0.25) is 0 Å². The van der Waals surface area contributed by atoms with Crippen molar-refractivity contribution in [1.29, 1.82) is 0 Å². The zero-order valence-corrected chi connectivity index (χ0v) is 9.58. The van der Waals surface area contributed by atoms with E-state index in [2.05, 4.69) is 0 Å². The van der Waals surface area contributed by atoms with Crippen molar-refractivity contribution in [2.75, 3.05) is 0 Å². The van der Waals surface area contributed by atoms with E-state index >= 15 is 0 Å². The van der Waals surface area contributed by atoms with Crippen molar-refractivity contribution in [3.63, 3.8) is 0 Å². The quantitative estimate of drug-likeness (QED) is 0.822. The molecule has 0 unspecified atom stereocenters. The number of hydrogen-bond donors (Lipinski definition) is 2. The molecule has 1 aliphatic rings. The minimum atomic E-state index is -0.745. The van der Waals surface area contributed by atoms with Crippen LogP contribution in [-0.2, 0) is 11.2 Å². The van der Waals surface area contributed by atoms with E-state index in [-0.39, 0.29) is 5.75 Å². The average Bonchev–Trinajstić information content (AvgIpc) is 2.95. The third-order valence-electron chi connectivity index (χ3n) is 3.53. The lowest BCUT2D eigenvalue weighted by Gasteiger charge is -2.13. The summed E-state index contributed by atoms with van der Waals surface area (Å²) in [5.41, 5.74) is 2.26. The van der Waals surface area contributed by atoms with Crippen LogP contribution in [-0.4, -0.2) is 16.2 Å². The fourth-order valence-corrected chi connectivity index (χ4v) is 1.98. The second-order valence-electron chi connectivity index (χ2n) is 4.83. The van der Waals surface area contributed by atoms with Gasteiger partial charge in [0.05, 0.1) is 5.41 Å². The van der Waals surface area contributed by atoms with Crippen molar-refractivity contribution in [2.24, 2.45) is 5.41 Å². The van der Waals surface area contributed by atoms with Gasteiger partial charge in [-0.15, -0.1) is 0 Å². The molecule has 1 aromatic carbocycles. The van der Waals surface area contributed by atoms with Crippen LogP contribution in [0.3, 0.4) is 0 Å². The first kappa shape index (κ1) is 11.0. The van der Waals surface area contributed by atoms with E-state index in [9.17, 15) is 9.90 Å². The standard InChI is InChI=1S/C13H16O3/c1-8-5-10(11(14)6-9(8)2)7-13(3-4-13)12(15)16/h5-6,14H,3-4,7H2,1-2H3,(H,15,16). The Morgan fingerprint density at radius 2 is 1.88 bits per heavy atom. The fourth-order valence-electron chi connectivity index (χ4n) is 1.98. The molecule has 0 bridgehead atoms. The lowest BCUT2D eigenvalue weighted by molar-refractivity contribution is -0.143.